The molecule has 0 aliphatic carbocycles. The molecule has 8 aromatic rings. The third-order valence-electron chi connectivity index (χ3n) is 8.38. The molecular formula is C40H24Br2. The van der Waals surface area contributed by atoms with Crippen LogP contribution in [-0.4, -0.2) is 0 Å². The molecule has 0 nitrogen and oxygen atoms in total. The van der Waals surface area contributed by atoms with Crippen LogP contribution in [0.4, 0.5) is 0 Å². The molecule has 0 N–H and O–H groups in total. The van der Waals surface area contributed by atoms with Crippen molar-refractivity contribution >= 4 is 74.9 Å². The standard InChI is InChI=1S/C40H24Br2/c41-39-31-17-9-7-15-29(31)37(35-23-27(19-21-33(35)39)25-11-3-1-4-12-25)38-30-16-8-10-18-32(30)40(42)34-22-20-28(24-36(34)38)26-13-5-2-6-14-26/h1-24H. The lowest BCUT2D eigenvalue weighted by molar-refractivity contribution is 1.63. The fraction of sp³-hybridized carbons (Fsp3) is 0. The maximum Gasteiger partial charge on any atom is 0.0332 e. The predicted molar refractivity (Wildman–Crippen MR) is 188 cm³/mol. The van der Waals surface area contributed by atoms with E-state index in [1.807, 2.05) is 0 Å². The zero-order chi connectivity index (χ0) is 28.2. The van der Waals surface area contributed by atoms with E-state index in [1.54, 1.807) is 0 Å². The van der Waals surface area contributed by atoms with Crippen LogP contribution in [0.2, 0.25) is 0 Å². The highest BCUT2D eigenvalue weighted by Crippen LogP contribution is 2.49. The summed E-state index contributed by atoms with van der Waals surface area (Å²) in [6.45, 7) is 0. The van der Waals surface area contributed by atoms with Gasteiger partial charge in [-0.25, -0.2) is 0 Å². The minimum absolute atomic E-state index is 1.13. The summed E-state index contributed by atoms with van der Waals surface area (Å²) in [5.74, 6) is 0. The van der Waals surface area contributed by atoms with Crippen molar-refractivity contribution in [3.63, 3.8) is 0 Å². The van der Waals surface area contributed by atoms with Gasteiger partial charge in [0.1, 0.15) is 0 Å². The molecule has 0 aliphatic heterocycles. The van der Waals surface area contributed by atoms with Gasteiger partial charge in [-0.05, 0) is 120 Å². The summed E-state index contributed by atoms with van der Waals surface area (Å²) < 4.78 is 2.26. The molecule has 0 heterocycles. The van der Waals surface area contributed by atoms with Gasteiger partial charge in [0.25, 0.3) is 0 Å². The molecule has 0 atom stereocenters. The van der Waals surface area contributed by atoms with E-state index in [4.69, 9.17) is 0 Å². The minimum Gasteiger partial charge on any atom is -0.0622 e. The molecule has 0 saturated carbocycles. The molecule has 0 amide bonds. The molecule has 0 unspecified atom stereocenters. The highest BCUT2D eigenvalue weighted by Gasteiger charge is 2.21. The van der Waals surface area contributed by atoms with E-state index in [0.717, 1.165) is 8.95 Å². The van der Waals surface area contributed by atoms with Gasteiger partial charge in [0.2, 0.25) is 0 Å². The Morgan fingerprint density at radius 3 is 1.00 bits per heavy atom. The number of halogens is 2. The minimum atomic E-state index is 1.13. The molecular weight excluding hydrogens is 640 g/mol. The van der Waals surface area contributed by atoms with Crippen molar-refractivity contribution in [1.29, 1.82) is 0 Å². The first kappa shape index (κ1) is 25.5. The Labute approximate surface area is 261 Å². The maximum atomic E-state index is 4.02. The van der Waals surface area contributed by atoms with Gasteiger partial charge in [0.05, 0.1) is 0 Å². The fourth-order valence-corrected chi connectivity index (χ4v) is 7.79. The fourth-order valence-electron chi connectivity index (χ4n) is 6.41. The summed E-state index contributed by atoms with van der Waals surface area (Å²) in [5, 5.41) is 9.80. The van der Waals surface area contributed by atoms with Crippen molar-refractivity contribution in [3.8, 4) is 33.4 Å². The van der Waals surface area contributed by atoms with E-state index >= 15 is 0 Å². The number of rotatable bonds is 3. The van der Waals surface area contributed by atoms with Gasteiger partial charge in [0, 0.05) is 8.95 Å². The van der Waals surface area contributed by atoms with Crippen LogP contribution in [0.25, 0.3) is 76.5 Å². The van der Waals surface area contributed by atoms with Gasteiger partial charge in [-0.2, -0.15) is 0 Å². The normalized spacial score (nSPS) is 11.6. The Hall–Kier alpha value is -4.24. The Bertz CT molecular complexity index is 2140. The lowest BCUT2D eigenvalue weighted by atomic mass is 9.84. The topological polar surface area (TPSA) is 0 Å². The number of fused-ring (bicyclic) bond motifs is 4. The maximum absolute atomic E-state index is 4.02. The molecule has 2 heteroatoms. The molecule has 8 rings (SSSR count). The van der Waals surface area contributed by atoms with E-state index in [1.165, 1.54) is 76.5 Å². The van der Waals surface area contributed by atoms with E-state index in [9.17, 15) is 0 Å². The van der Waals surface area contributed by atoms with E-state index < -0.39 is 0 Å². The van der Waals surface area contributed by atoms with Gasteiger partial charge >= 0.3 is 0 Å². The third-order valence-corrected chi connectivity index (χ3v) is 10.1. The van der Waals surface area contributed by atoms with Gasteiger partial charge in [-0.15, -0.1) is 0 Å². The monoisotopic (exact) mass is 662 g/mol. The smallest absolute Gasteiger partial charge is 0.0332 e. The van der Waals surface area contributed by atoms with Crippen LogP contribution in [0, 0.1) is 0 Å². The lowest BCUT2D eigenvalue weighted by Gasteiger charge is -2.20. The van der Waals surface area contributed by atoms with Crippen LogP contribution in [-0.2, 0) is 0 Å². The van der Waals surface area contributed by atoms with Crippen molar-refractivity contribution in [3.05, 3.63) is 155 Å². The second-order valence-electron chi connectivity index (χ2n) is 10.7. The van der Waals surface area contributed by atoms with Crippen molar-refractivity contribution in [2.75, 3.05) is 0 Å². The molecule has 0 aliphatic rings. The van der Waals surface area contributed by atoms with Crippen molar-refractivity contribution in [2.24, 2.45) is 0 Å². The average molecular weight is 664 g/mol. The highest BCUT2D eigenvalue weighted by molar-refractivity contribution is 9.11. The van der Waals surface area contributed by atoms with Gasteiger partial charge in [0.15, 0.2) is 0 Å². The largest absolute Gasteiger partial charge is 0.0622 e. The molecule has 0 spiro atoms. The summed E-state index contributed by atoms with van der Waals surface area (Å²) in [6.07, 6.45) is 0. The summed E-state index contributed by atoms with van der Waals surface area (Å²) >= 11 is 8.03. The second kappa shape index (κ2) is 10.2. The molecule has 42 heavy (non-hydrogen) atoms. The Kier molecular flexibility index (Phi) is 6.21. The van der Waals surface area contributed by atoms with Crippen molar-refractivity contribution in [1.82, 2.24) is 0 Å². The first-order chi connectivity index (χ1) is 20.7. The quantitative estimate of drug-likeness (QED) is 0.165. The summed E-state index contributed by atoms with van der Waals surface area (Å²) in [5.41, 5.74) is 7.38. The van der Waals surface area contributed by atoms with Gasteiger partial charge in [-0.1, -0.05) is 133 Å². The molecule has 0 bridgehead atoms. The predicted octanol–water partition coefficient (Wildman–Crippen LogP) is 12.8. The SMILES string of the molecule is Brc1c2ccccc2c(-c2c3ccccc3c(Br)c3ccc(-c4ccccc4)cc23)c2cc(-c3ccccc3)ccc12. The van der Waals surface area contributed by atoms with Crippen LogP contribution >= 0.6 is 31.9 Å². The number of hydrogen-bond acceptors (Lipinski definition) is 0. The Morgan fingerprint density at radius 1 is 0.262 bits per heavy atom. The van der Waals surface area contributed by atoms with Crippen LogP contribution < -0.4 is 0 Å². The Balaban J connectivity index is 1.60. The summed E-state index contributed by atoms with van der Waals surface area (Å²) in [6, 6.07) is 52.7. The lowest BCUT2D eigenvalue weighted by Crippen LogP contribution is -1.93. The van der Waals surface area contributed by atoms with Gasteiger partial charge < -0.3 is 0 Å². The van der Waals surface area contributed by atoms with Crippen molar-refractivity contribution < 1.29 is 0 Å². The Morgan fingerprint density at radius 2 is 0.595 bits per heavy atom. The average Bonchev–Trinajstić information content (AvgIpc) is 3.06. The highest BCUT2D eigenvalue weighted by atomic mass is 79.9. The second-order valence-corrected chi connectivity index (χ2v) is 12.3. The molecule has 8 aromatic carbocycles. The van der Waals surface area contributed by atoms with Crippen LogP contribution in [0.3, 0.4) is 0 Å². The van der Waals surface area contributed by atoms with Crippen LogP contribution in [0.15, 0.2) is 155 Å². The van der Waals surface area contributed by atoms with Gasteiger partial charge in [-0.3, -0.25) is 0 Å². The van der Waals surface area contributed by atoms with E-state index in [-0.39, 0.29) is 0 Å². The molecule has 198 valence electrons. The first-order valence-corrected chi connectivity index (χ1v) is 15.7. The van der Waals surface area contributed by atoms with E-state index in [0.29, 0.717) is 0 Å². The molecule has 0 aromatic heterocycles. The number of benzene rings is 8. The molecule has 0 fully saturated rings. The first-order valence-electron chi connectivity index (χ1n) is 14.1. The molecule has 0 radical (unpaired) electrons. The van der Waals surface area contributed by atoms with Crippen molar-refractivity contribution in [2.45, 2.75) is 0 Å². The van der Waals surface area contributed by atoms with Crippen LogP contribution in [0.5, 0.6) is 0 Å². The van der Waals surface area contributed by atoms with E-state index in [2.05, 4.69) is 177 Å². The summed E-state index contributed by atoms with van der Waals surface area (Å²) in [7, 11) is 0. The summed E-state index contributed by atoms with van der Waals surface area (Å²) in [4.78, 5) is 0. The third kappa shape index (κ3) is 4.01. The molecule has 0 saturated heterocycles. The number of hydrogen-bond donors (Lipinski definition) is 0. The zero-order valence-electron chi connectivity index (χ0n) is 22.6. The zero-order valence-corrected chi connectivity index (χ0v) is 25.8. The van der Waals surface area contributed by atoms with Crippen LogP contribution in [0.1, 0.15) is 0 Å².